The van der Waals surface area contributed by atoms with Gasteiger partial charge < -0.3 is 10.4 Å². The lowest BCUT2D eigenvalue weighted by atomic mass is 9.69. The standard InChI is InChI=1S/C28H29NO3/c30-27-25(16-17-29-27)26(19-6-2-1-3-7-19)24-15-14-21(22-8-4-5-9-23(22)24)18-10-12-20(13-11-18)28(31)32/h4-5,8-15,19,25-26H,1-3,6-7,16-17H2,(H,29,30)(H,31,32). The molecule has 4 heteroatoms. The summed E-state index contributed by atoms with van der Waals surface area (Å²) in [6, 6.07) is 19.9. The molecule has 3 aromatic rings. The molecule has 2 unspecified atom stereocenters. The molecule has 1 saturated heterocycles. The topological polar surface area (TPSA) is 66.4 Å². The minimum atomic E-state index is -0.915. The van der Waals surface area contributed by atoms with Crippen LogP contribution in [-0.2, 0) is 4.79 Å². The van der Waals surface area contributed by atoms with Crippen molar-refractivity contribution in [1.82, 2.24) is 5.32 Å². The van der Waals surface area contributed by atoms with Gasteiger partial charge in [0.05, 0.1) is 5.56 Å². The number of hydrogen-bond acceptors (Lipinski definition) is 2. The Bertz CT molecular complexity index is 1150. The molecule has 1 saturated carbocycles. The van der Waals surface area contributed by atoms with Gasteiger partial charge in [-0.25, -0.2) is 4.79 Å². The first-order valence-corrected chi connectivity index (χ1v) is 11.8. The van der Waals surface area contributed by atoms with Crippen molar-refractivity contribution in [2.45, 2.75) is 44.4 Å². The third-order valence-electron chi connectivity index (χ3n) is 7.44. The highest BCUT2D eigenvalue weighted by Gasteiger charge is 2.39. The first-order valence-electron chi connectivity index (χ1n) is 11.8. The third-order valence-corrected chi connectivity index (χ3v) is 7.44. The number of hydrogen-bond donors (Lipinski definition) is 2. The highest BCUT2D eigenvalue weighted by molar-refractivity contribution is 5.99. The summed E-state index contributed by atoms with van der Waals surface area (Å²) in [7, 11) is 0. The number of carboxylic acids is 1. The first kappa shape index (κ1) is 20.7. The molecule has 2 aliphatic rings. The van der Waals surface area contributed by atoms with Crippen molar-refractivity contribution >= 4 is 22.6 Å². The molecule has 2 fully saturated rings. The largest absolute Gasteiger partial charge is 0.478 e. The average molecular weight is 428 g/mol. The van der Waals surface area contributed by atoms with E-state index in [1.807, 2.05) is 12.1 Å². The van der Waals surface area contributed by atoms with Crippen molar-refractivity contribution in [2.75, 3.05) is 6.54 Å². The fourth-order valence-electron chi connectivity index (χ4n) is 5.91. The second-order valence-corrected chi connectivity index (χ2v) is 9.24. The van der Waals surface area contributed by atoms with Crippen molar-refractivity contribution < 1.29 is 14.7 Å². The summed E-state index contributed by atoms with van der Waals surface area (Å²) in [5, 5.41) is 14.7. The van der Waals surface area contributed by atoms with Gasteiger partial charge in [-0.05, 0) is 70.7 Å². The van der Waals surface area contributed by atoms with Gasteiger partial charge in [0.1, 0.15) is 0 Å². The zero-order chi connectivity index (χ0) is 22.1. The van der Waals surface area contributed by atoms with Crippen LogP contribution in [0.1, 0.15) is 60.4 Å². The number of carbonyl (C=O) groups excluding carboxylic acids is 1. The van der Waals surface area contributed by atoms with Gasteiger partial charge in [-0.2, -0.15) is 0 Å². The summed E-state index contributed by atoms with van der Waals surface area (Å²) in [5.41, 5.74) is 3.69. The fourth-order valence-corrected chi connectivity index (χ4v) is 5.91. The lowest BCUT2D eigenvalue weighted by Crippen LogP contribution is -2.29. The molecule has 164 valence electrons. The Kier molecular flexibility index (Phi) is 5.69. The second kappa shape index (κ2) is 8.78. The van der Waals surface area contributed by atoms with Crippen molar-refractivity contribution in [3.8, 4) is 11.1 Å². The van der Waals surface area contributed by atoms with E-state index in [0.717, 1.165) is 29.5 Å². The third kappa shape index (κ3) is 3.79. The van der Waals surface area contributed by atoms with Crippen LogP contribution in [0.3, 0.4) is 0 Å². The normalized spacial score (nSPS) is 20.2. The molecule has 0 aromatic heterocycles. The van der Waals surface area contributed by atoms with E-state index in [4.69, 9.17) is 0 Å². The summed E-state index contributed by atoms with van der Waals surface area (Å²) in [6.45, 7) is 0.776. The van der Waals surface area contributed by atoms with E-state index in [-0.39, 0.29) is 17.7 Å². The van der Waals surface area contributed by atoms with Crippen LogP contribution in [0.25, 0.3) is 21.9 Å². The molecule has 3 aromatic carbocycles. The van der Waals surface area contributed by atoms with Gasteiger partial charge in [0, 0.05) is 12.5 Å². The van der Waals surface area contributed by atoms with Crippen LogP contribution in [0.15, 0.2) is 60.7 Å². The first-order chi connectivity index (χ1) is 15.6. The zero-order valence-electron chi connectivity index (χ0n) is 18.2. The monoisotopic (exact) mass is 427 g/mol. The second-order valence-electron chi connectivity index (χ2n) is 9.24. The summed E-state index contributed by atoms with van der Waals surface area (Å²) in [5.74, 6) is 0.120. The zero-order valence-corrected chi connectivity index (χ0v) is 18.2. The summed E-state index contributed by atoms with van der Waals surface area (Å²) < 4.78 is 0. The Morgan fingerprint density at radius 3 is 2.25 bits per heavy atom. The van der Waals surface area contributed by atoms with Gasteiger partial charge in [0.25, 0.3) is 0 Å². The Morgan fingerprint density at radius 1 is 0.875 bits per heavy atom. The number of nitrogens with one attached hydrogen (secondary N) is 1. The molecule has 1 aliphatic heterocycles. The summed E-state index contributed by atoms with van der Waals surface area (Å²) in [6.07, 6.45) is 7.10. The lowest BCUT2D eigenvalue weighted by Gasteiger charge is -2.34. The SMILES string of the molecule is O=C(O)c1ccc(-c2ccc(C(C3CCCCC3)C3CCNC3=O)c3ccccc23)cc1. The highest BCUT2D eigenvalue weighted by Crippen LogP contribution is 2.46. The van der Waals surface area contributed by atoms with Crippen molar-refractivity contribution in [2.24, 2.45) is 11.8 Å². The predicted octanol–water partition coefficient (Wildman–Crippen LogP) is 6.01. The molecule has 1 amide bonds. The average Bonchev–Trinajstić information content (AvgIpc) is 3.25. The summed E-state index contributed by atoms with van der Waals surface area (Å²) >= 11 is 0. The Balaban J connectivity index is 1.63. The van der Waals surface area contributed by atoms with Crippen LogP contribution in [0, 0.1) is 11.8 Å². The molecular formula is C28H29NO3. The number of aromatic carboxylic acids is 1. The maximum Gasteiger partial charge on any atom is 0.335 e. The van der Waals surface area contributed by atoms with Crippen LogP contribution >= 0.6 is 0 Å². The molecule has 32 heavy (non-hydrogen) atoms. The molecule has 2 atom stereocenters. The van der Waals surface area contributed by atoms with Crippen LogP contribution in [-0.4, -0.2) is 23.5 Å². The van der Waals surface area contributed by atoms with Crippen LogP contribution in [0.4, 0.5) is 0 Å². The van der Waals surface area contributed by atoms with E-state index in [9.17, 15) is 14.7 Å². The van der Waals surface area contributed by atoms with Gasteiger partial charge >= 0.3 is 5.97 Å². The maximum absolute atomic E-state index is 12.8. The van der Waals surface area contributed by atoms with E-state index >= 15 is 0 Å². The Labute approximate surface area is 188 Å². The number of fused-ring (bicyclic) bond motifs is 1. The Morgan fingerprint density at radius 2 is 1.59 bits per heavy atom. The summed E-state index contributed by atoms with van der Waals surface area (Å²) in [4.78, 5) is 24.0. The molecule has 4 nitrogen and oxygen atoms in total. The molecular weight excluding hydrogens is 398 g/mol. The van der Waals surface area contributed by atoms with Gasteiger partial charge in [-0.15, -0.1) is 0 Å². The van der Waals surface area contributed by atoms with E-state index in [1.54, 1.807) is 12.1 Å². The minimum absolute atomic E-state index is 0.0437. The Hall–Kier alpha value is -3.14. The number of carboxylic acid groups (broad SMARTS) is 1. The molecule has 0 radical (unpaired) electrons. The quantitative estimate of drug-likeness (QED) is 0.524. The van der Waals surface area contributed by atoms with Crippen LogP contribution < -0.4 is 5.32 Å². The molecule has 2 N–H and O–H groups in total. The minimum Gasteiger partial charge on any atom is -0.478 e. The van der Waals surface area contributed by atoms with Gasteiger partial charge in [-0.1, -0.05) is 67.8 Å². The smallest absolute Gasteiger partial charge is 0.335 e. The van der Waals surface area contributed by atoms with Crippen LogP contribution in [0.2, 0.25) is 0 Å². The fraction of sp³-hybridized carbons (Fsp3) is 0.357. The molecule has 0 spiro atoms. The lowest BCUT2D eigenvalue weighted by molar-refractivity contribution is -0.123. The van der Waals surface area contributed by atoms with E-state index < -0.39 is 5.97 Å². The maximum atomic E-state index is 12.8. The molecule has 0 bridgehead atoms. The van der Waals surface area contributed by atoms with Gasteiger partial charge in [0.2, 0.25) is 5.91 Å². The number of amides is 1. The molecule has 1 heterocycles. The highest BCUT2D eigenvalue weighted by atomic mass is 16.4. The predicted molar refractivity (Wildman–Crippen MR) is 127 cm³/mol. The van der Waals surface area contributed by atoms with E-state index in [1.165, 1.54) is 43.1 Å². The van der Waals surface area contributed by atoms with Crippen molar-refractivity contribution in [3.63, 3.8) is 0 Å². The van der Waals surface area contributed by atoms with E-state index in [0.29, 0.717) is 11.5 Å². The van der Waals surface area contributed by atoms with Crippen molar-refractivity contribution in [1.29, 1.82) is 0 Å². The van der Waals surface area contributed by atoms with Gasteiger partial charge in [-0.3, -0.25) is 4.79 Å². The number of carbonyl (C=O) groups is 2. The van der Waals surface area contributed by atoms with E-state index in [2.05, 4.69) is 41.7 Å². The number of rotatable bonds is 5. The molecule has 1 aliphatic carbocycles. The van der Waals surface area contributed by atoms with Crippen molar-refractivity contribution in [3.05, 3.63) is 71.8 Å². The number of benzene rings is 3. The van der Waals surface area contributed by atoms with Gasteiger partial charge in [0.15, 0.2) is 0 Å². The molecule has 5 rings (SSSR count). The van der Waals surface area contributed by atoms with Crippen LogP contribution in [0.5, 0.6) is 0 Å².